The predicted octanol–water partition coefficient (Wildman–Crippen LogP) is 5.23. The Morgan fingerprint density at radius 3 is 2.41 bits per heavy atom. The highest BCUT2D eigenvalue weighted by atomic mass is 32.2. The largest absolute Gasteiger partial charge is 0.416 e. The number of rotatable bonds is 5. The van der Waals surface area contributed by atoms with Crippen molar-refractivity contribution >= 4 is 34.3 Å². The number of alkyl halides is 3. The Bertz CT molecular complexity index is 1400. The molecule has 0 saturated heterocycles. The van der Waals surface area contributed by atoms with Gasteiger partial charge in [-0.1, -0.05) is 30.0 Å². The van der Waals surface area contributed by atoms with Crippen LogP contribution in [0.1, 0.15) is 18.1 Å². The van der Waals surface area contributed by atoms with E-state index in [1.165, 1.54) is 16.7 Å². The monoisotopic (exact) mass is 484 g/mol. The number of anilines is 1. The smallest absolute Gasteiger partial charge is 0.325 e. The van der Waals surface area contributed by atoms with Crippen molar-refractivity contribution < 1.29 is 18.0 Å². The molecule has 0 saturated carbocycles. The second-order valence-corrected chi connectivity index (χ2v) is 8.88. The fraction of sp³-hybridized carbons (Fsp3) is 0.167. The highest BCUT2D eigenvalue weighted by Gasteiger charge is 2.30. The number of hydrogen-bond acceptors (Lipinski definition) is 5. The third kappa shape index (κ3) is 4.96. The number of aryl methyl sites for hydroxylation is 1. The van der Waals surface area contributed by atoms with Crippen LogP contribution >= 0.6 is 11.8 Å². The van der Waals surface area contributed by atoms with Crippen molar-refractivity contribution in [3.05, 3.63) is 88.3 Å². The molecule has 4 aromatic rings. The summed E-state index contributed by atoms with van der Waals surface area (Å²) in [5, 5.41) is 2.57. The average Bonchev–Trinajstić information content (AvgIpc) is 2.80. The van der Waals surface area contributed by atoms with Crippen LogP contribution < -0.4 is 10.9 Å². The molecular weight excluding hydrogens is 465 g/mol. The van der Waals surface area contributed by atoms with E-state index in [1.54, 1.807) is 43.5 Å². The normalized spacial score (nSPS) is 12.5. The van der Waals surface area contributed by atoms with Gasteiger partial charge in [0.15, 0.2) is 5.16 Å². The molecular formula is C24H19F3N4O2S. The minimum absolute atomic E-state index is 0.231. The van der Waals surface area contributed by atoms with E-state index in [1.807, 2.05) is 13.0 Å². The zero-order valence-corrected chi connectivity index (χ0v) is 18.9. The van der Waals surface area contributed by atoms with E-state index in [4.69, 9.17) is 0 Å². The number of hydrogen-bond donors (Lipinski definition) is 1. The standard InChI is InChI=1S/C24H19F3N4O2S/c1-14-7-12-20(28-13-14)31-22(33)18-5-3-4-6-19(18)30-23(31)34-15(2)21(32)29-17-10-8-16(9-11-17)24(25,26)27/h3-13,15H,1-2H3,(H,29,32). The molecule has 10 heteroatoms. The first-order valence-electron chi connectivity index (χ1n) is 10.2. The summed E-state index contributed by atoms with van der Waals surface area (Å²) in [6, 6.07) is 14.6. The maximum Gasteiger partial charge on any atom is 0.416 e. The Morgan fingerprint density at radius 1 is 1.06 bits per heavy atom. The lowest BCUT2D eigenvalue weighted by molar-refractivity contribution is -0.137. The quantitative estimate of drug-likeness (QED) is 0.310. The SMILES string of the molecule is Cc1ccc(-n2c(SC(C)C(=O)Nc3ccc(C(F)(F)F)cc3)nc3ccccc3c2=O)nc1. The summed E-state index contributed by atoms with van der Waals surface area (Å²) in [5.74, 6) is -0.0812. The van der Waals surface area contributed by atoms with Crippen LogP contribution in [0, 0.1) is 6.92 Å². The molecule has 6 nitrogen and oxygen atoms in total. The molecule has 0 fully saturated rings. The third-order valence-electron chi connectivity index (χ3n) is 5.00. The summed E-state index contributed by atoms with van der Waals surface area (Å²) in [6.07, 6.45) is -2.83. The lowest BCUT2D eigenvalue weighted by Gasteiger charge is -2.16. The Morgan fingerprint density at radius 2 is 1.76 bits per heavy atom. The number of nitrogens with zero attached hydrogens (tertiary/aromatic N) is 3. The van der Waals surface area contributed by atoms with Gasteiger partial charge in [0, 0.05) is 11.9 Å². The van der Waals surface area contributed by atoms with Gasteiger partial charge in [-0.2, -0.15) is 13.2 Å². The van der Waals surface area contributed by atoms with Crippen LogP contribution in [-0.2, 0) is 11.0 Å². The first kappa shape index (κ1) is 23.5. The molecule has 2 aromatic carbocycles. The lowest BCUT2D eigenvalue weighted by Crippen LogP contribution is -2.26. The summed E-state index contributed by atoms with van der Waals surface area (Å²) < 4.78 is 39.7. The number of para-hydroxylation sites is 1. The van der Waals surface area contributed by atoms with Crippen molar-refractivity contribution in [1.82, 2.24) is 14.5 Å². The Kier molecular flexibility index (Phi) is 6.43. The molecule has 34 heavy (non-hydrogen) atoms. The van der Waals surface area contributed by atoms with Gasteiger partial charge < -0.3 is 5.32 Å². The highest BCUT2D eigenvalue weighted by Crippen LogP contribution is 2.30. The molecule has 1 amide bonds. The topological polar surface area (TPSA) is 76.9 Å². The van der Waals surface area contributed by atoms with Gasteiger partial charge in [-0.05, 0) is 61.9 Å². The predicted molar refractivity (Wildman–Crippen MR) is 125 cm³/mol. The van der Waals surface area contributed by atoms with E-state index < -0.39 is 22.9 Å². The van der Waals surface area contributed by atoms with Crippen LogP contribution in [0.15, 0.2) is 76.8 Å². The molecule has 1 atom stereocenters. The molecule has 174 valence electrons. The summed E-state index contributed by atoms with van der Waals surface area (Å²) in [6.45, 7) is 3.50. The lowest BCUT2D eigenvalue weighted by atomic mass is 10.2. The van der Waals surface area contributed by atoms with Crippen LogP contribution in [0.2, 0.25) is 0 Å². The zero-order chi connectivity index (χ0) is 24.5. The zero-order valence-electron chi connectivity index (χ0n) is 18.1. The van der Waals surface area contributed by atoms with Gasteiger partial charge in [0.1, 0.15) is 5.82 Å². The van der Waals surface area contributed by atoms with Crippen molar-refractivity contribution in [1.29, 1.82) is 0 Å². The van der Waals surface area contributed by atoms with Crippen LogP contribution in [-0.4, -0.2) is 25.7 Å². The maximum atomic E-state index is 13.3. The first-order chi connectivity index (χ1) is 16.1. The summed E-state index contributed by atoms with van der Waals surface area (Å²) >= 11 is 1.05. The van der Waals surface area contributed by atoms with Crippen LogP contribution in [0.4, 0.5) is 18.9 Å². The number of carbonyl (C=O) groups is 1. The molecule has 2 aromatic heterocycles. The minimum atomic E-state index is -4.46. The number of pyridine rings is 1. The molecule has 0 bridgehead atoms. The number of amides is 1. The van der Waals surface area contributed by atoms with Crippen molar-refractivity contribution in [2.75, 3.05) is 5.32 Å². The van der Waals surface area contributed by atoms with Crippen molar-refractivity contribution in [3.63, 3.8) is 0 Å². The Balaban J connectivity index is 1.64. The van der Waals surface area contributed by atoms with Gasteiger partial charge in [0.2, 0.25) is 5.91 Å². The summed E-state index contributed by atoms with van der Waals surface area (Å²) in [4.78, 5) is 34.9. The van der Waals surface area contributed by atoms with E-state index in [0.29, 0.717) is 16.7 Å². The Labute approximate surface area is 196 Å². The minimum Gasteiger partial charge on any atom is -0.325 e. The highest BCUT2D eigenvalue weighted by molar-refractivity contribution is 8.00. The number of nitrogens with one attached hydrogen (secondary N) is 1. The van der Waals surface area contributed by atoms with Gasteiger partial charge in [0.05, 0.1) is 21.7 Å². The van der Waals surface area contributed by atoms with E-state index in [-0.39, 0.29) is 16.4 Å². The van der Waals surface area contributed by atoms with Crippen molar-refractivity contribution in [3.8, 4) is 5.82 Å². The van der Waals surface area contributed by atoms with E-state index in [2.05, 4.69) is 15.3 Å². The fourth-order valence-corrected chi connectivity index (χ4v) is 4.10. The fourth-order valence-electron chi connectivity index (χ4n) is 3.18. The molecule has 0 aliphatic rings. The summed E-state index contributed by atoms with van der Waals surface area (Å²) in [7, 11) is 0. The number of thioether (sulfide) groups is 1. The first-order valence-corrected chi connectivity index (χ1v) is 11.1. The molecule has 0 aliphatic carbocycles. The number of benzene rings is 2. The van der Waals surface area contributed by atoms with Crippen LogP contribution in [0.3, 0.4) is 0 Å². The molecule has 4 rings (SSSR count). The van der Waals surface area contributed by atoms with Crippen molar-refractivity contribution in [2.45, 2.75) is 30.4 Å². The molecule has 0 aliphatic heterocycles. The molecule has 1 N–H and O–H groups in total. The van der Waals surface area contributed by atoms with Gasteiger partial charge >= 0.3 is 6.18 Å². The molecule has 1 unspecified atom stereocenters. The van der Waals surface area contributed by atoms with Crippen LogP contribution in [0.25, 0.3) is 16.7 Å². The number of aromatic nitrogens is 3. The van der Waals surface area contributed by atoms with Gasteiger partial charge in [0.25, 0.3) is 5.56 Å². The van der Waals surface area contributed by atoms with Gasteiger partial charge in [-0.3, -0.25) is 9.59 Å². The maximum absolute atomic E-state index is 13.3. The molecule has 0 spiro atoms. The third-order valence-corrected chi connectivity index (χ3v) is 6.05. The second kappa shape index (κ2) is 9.30. The van der Waals surface area contributed by atoms with Gasteiger partial charge in [-0.15, -0.1) is 0 Å². The molecule has 2 heterocycles. The number of carbonyl (C=O) groups excluding carboxylic acids is 1. The average molecular weight is 485 g/mol. The molecule has 0 radical (unpaired) electrons. The van der Waals surface area contributed by atoms with E-state index in [9.17, 15) is 22.8 Å². The number of fused-ring (bicyclic) bond motifs is 1. The van der Waals surface area contributed by atoms with Crippen LogP contribution in [0.5, 0.6) is 0 Å². The summed E-state index contributed by atoms with van der Waals surface area (Å²) in [5.41, 5.74) is 0.509. The van der Waals surface area contributed by atoms with Crippen molar-refractivity contribution in [2.24, 2.45) is 0 Å². The number of halogens is 3. The second-order valence-electron chi connectivity index (χ2n) is 7.57. The van der Waals surface area contributed by atoms with E-state index >= 15 is 0 Å². The van der Waals surface area contributed by atoms with E-state index in [0.717, 1.165) is 29.5 Å². The Hall–Kier alpha value is -3.66. The van der Waals surface area contributed by atoms with Gasteiger partial charge in [-0.25, -0.2) is 14.5 Å².